The third-order valence-corrected chi connectivity index (χ3v) is 3.82. The van der Waals surface area contributed by atoms with E-state index in [0.29, 0.717) is 12.4 Å². The molecule has 0 aliphatic rings. The molecule has 0 unspecified atom stereocenters. The van der Waals surface area contributed by atoms with Crippen LogP contribution in [0.15, 0.2) is 30.3 Å². The first-order valence-electron chi connectivity index (χ1n) is 7.76. The van der Waals surface area contributed by atoms with E-state index in [1.807, 2.05) is 51.4 Å². The van der Waals surface area contributed by atoms with E-state index in [1.54, 1.807) is 18.8 Å². The summed E-state index contributed by atoms with van der Waals surface area (Å²) in [7, 11) is 7.41. The van der Waals surface area contributed by atoms with Gasteiger partial charge in [-0.15, -0.1) is 0 Å². The zero-order valence-electron chi connectivity index (χ0n) is 14.8. The smallest absolute Gasteiger partial charge is 0.320 e. The molecule has 1 atom stereocenters. The Bertz CT molecular complexity index is 679. The molecule has 130 valence electrons. The van der Waals surface area contributed by atoms with Gasteiger partial charge in [0.1, 0.15) is 11.6 Å². The van der Waals surface area contributed by atoms with Gasteiger partial charge in [0.05, 0.1) is 18.8 Å². The number of anilines is 1. The molecule has 1 aromatic carbocycles. The largest absolute Gasteiger partial charge is 0.497 e. The molecule has 2 aromatic rings. The highest BCUT2D eigenvalue weighted by molar-refractivity contribution is 5.88. The number of aryl methyl sites for hydroxylation is 2. The Morgan fingerprint density at radius 3 is 2.50 bits per heavy atom. The molecule has 24 heavy (non-hydrogen) atoms. The number of amides is 2. The van der Waals surface area contributed by atoms with Gasteiger partial charge in [0, 0.05) is 19.7 Å². The van der Waals surface area contributed by atoms with E-state index in [1.165, 1.54) is 0 Å². The van der Waals surface area contributed by atoms with Crippen molar-refractivity contribution < 1.29 is 9.53 Å². The number of aromatic nitrogens is 2. The van der Waals surface area contributed by atoms with Crippen molar-refractivity contribution in [2.24, 2.45) is 7.05 Å². The molecule has 7 nitrogen and oxygen atoms in total. The van der Waals surface area contributed by atoms with Gasteiger partial charge >= 0.3 is 6.03 Å². The van der Waals surface area contributed by atoms with Crippen LogP contribution in [0.4, 0.5) is 10.6 Å². The van der Waals surface area contributed by atoms with Gasteiger partial charge in [0.2, 0.25) is 0 Å². The number of nitrogens with zero attached hydrogens (tertiary/aromatic N) is 3. The quantitative estimate of drug-likeness (QED) is 0.851. The van der Waals surface area contributed by atoms with Crippen molar-refractivity contribution in [3.63, 3.8) is 0 Å². The van der Waals surface area contributed by atoms with Crippen molar-refractivity contribution in [3.05, 3.63) is 41.6 Å². The van der Waals surface area contributed by atoms with Gasteiger partial charge in [-0.2, -0.15) is 5.10 Å². The third-order valence-electron chi connectivity index (χ3n) is 3.82. The molecule has 1 heterocycles. The molecule has 0 bridgehead atoms. The lowest BCUT2D eigenvalue weighted by Crippen LogP contribution is -2.37. The van der Waals surface area contributed by atoms with Crippen molar-refractivity contribution in [3.8, 4) is 5.75 Å². The number of urea groups is 1. The van der Waals surface area contributed by atoms with Gasteiger partial charge in [-0.05, 0) is 38.7 Å². The maximum absolute atomic E-state index is 12.1. The summed E-state index contributed by atoms with van der Waals surface area (Å²) in [6.07, 6.45) is 0. The van der Waals surface area contributed by atoms with Crippen LogP contribution >= 0.6 is 0 Å². The van der Waals surface area contributed by atoms with Crippen LogP contribution in [0.3, 0.4) is 0 Å². The van der Waals surface area contributed by atoms with Crippen LogP contribution in [0.1, 0.15) is 17.3 Å². The first-order chi connectivity index (χ1) is 11.4. The first-order valence-corrected chi connectivity index (χ1v) is 7.76. The van der Waals surface area contributed by atoms with E-state index in [4.69, 9.17) is 4.74 Å². The number of hydrogen-bond donors (Lipinski definition) is 2. The molecule has 0 radical (unpaired) electrons. The number of benzene rings is 1. The molecule has 2 amide bonds. The second kappa shape index (κ2) is 7.83. The first kappa shape index (κ1) is 17.8. The van der Waals surface area contributed by atoms with Crippen LogP contribution < -0.4 is 15.4 Å². The van der Waals surface area contributed by atoms with Crippen LogP contribution in [0.25, 0.3) is 0 Å². The normalized spacial score (nSPS) is 12.1. The van der Waals surface area contributed by atoms with Crippen LogP contribution in [-0.2, 0) is 7.05 Å². The monoisotopic (exact) mass is 331 g/mol. The summed E-state index contributed by atoms with van der Waals surface area (Å²) in [6.45, 7) is 2.37. The highest BCUT2D eigenvalue weighted by Crippen LogP contribution is 2.20. The fourth-order valence-electron chi connectivity index (χ4n) is 2.50. The molecule has 2 N–H and O–H groups in total. The maximum atomic E-state index is 12.1. The molecule has 1 aromatic heterocycles. The molecule has 0 spiro atoms. The van der Waals surface area contributed by atoms with E-state index >= 15 is 0 Å². The van der Waals surface area contributed by atoms with Crippen LogP contribution in [0, 0.1) is 6.92 Å². The Morgan fingerprint density at radius 1 is 1.33 bits per heavy atom. The molecular formula is C17H25N5O2. The molecular weight excluding hydrogens is 306 g/mol. The number of nitrogens with one attached hydrogen (secondary N) is 2. The van der Waals surface area contributed by atoms with Crippen molar-refractivity contribution in [2.45, 2.75) is 13.0 Å². The van der Waals surface area contributed by atoms with Gasteiger partial charge < -0.3 is 15.0 Å². The third kappa shape index (κ3) is 4.48. The van der Waals surface area contributed by atoms with Crippen LogP contribution in [0.2, 0.25) is 0 Å². The minimum atomic E-state index is -0.252. The van der Waals surface area contributed by atoms with E-state index in [9.17, 15) is 4.79 Å². The lowest BCUT2D eigenvalue weighted by molar-refractivity contribution is 0.243. The number of hydrogen-bond acceptors (Lipinski definition) is 4. The fourth-order valence-corrected chi connectivity index (χ4v) is 2.50. The summed E-state index contributed by atoms with van der Waals surface area (Å²) >= 11 is 0. The van der Waals surface area contributed by atoms with E-state index < -0.39 is 0 Å². The topological polar surface area (TPSA) is 71.4 Å². The number of likely N-dealkylation sites (N-methyl/N-ethyl adjacent to an activating group) is 1. The number of rotatable bonds is 6. The molecule has 0 saturated heterocycles. The number of carbonyl (C=O) groups is 1. The van der Waals surface area contributed by atoms with E-state index in [0.717, 1.165) is 17.0 Å². The summed E-state index contributed by atoms with van der Waals surface area (Å²) in [5.74, 6) is 1.48. The number of carbonyl (C=O) groups excluding carboxylic acids is 1. The number of ether oxygens (including phenoxy) is 1. The summed E-state index contributed by atoms with van der Waals surface area (Å²) < 4.78 is 6.83. The van der Waals surface area contributed by atoms with Gasteiger partial charge in [0.15, 0.2) is 0 Å². The van der Waals surface area contributed by atoms with E-state index in [2.05, 4.69) is 20.6 Å². The number of methoxy groups -OCH3 is 1. The van der Waals surface area contributed by atoms with Crippen molar-refractivity contribution in [2.75, 3.05) is 33.1 Å². The van der Waals surface area contributed by atoms with Gasteiger partial charge in [-0.1, -0.05) is 12.1 Å². The molecule has 0 aliphatic carbocycles. The standard InChI is InChI=1S/C17H25N5O2/c1-12-10-16(22(4)20-12)19-17(23)18-11-15(21(2)3)13-6-8-14(24-5)9-7-13/h6-10,15H,11H2,1-5H3,(H2,18,19,23)/t15-/m0/s1. The van der Waals surface area contributed by atoms with Gasteiger partial charge in [0.25, 0.3) is 0 Å². The zero-order chi connectivity index (χ0) is 17.7. The molecule has 0 saturated carbocycles. The average molecular weight is 331 g/mol. The Morgan fingerprint density at radius 2 is 2.00 bits per heavy atom. The average Bonchev–Trinajstić information content (AvgIpc) is 2.85. The zero-order valence-corrected chi connectivity index (χ0v) is 14.8. The SMILES string of the molecule is COc1ccc([C@H](CNC(=O)Nc2cc(C)nn2C)N(C)C)cc1. The molecule has 7 heteroatoms. The van der Waals surface area contributed by atoms with Crippen molar-refractivity contribution >= 4 is 11.8 Å². The fraction of sp³-hybridized carbons (Fsp3) is 0.412. The van der Waals surface area contributed by atoms with Crippen LogP contribution in [-0.4, -0.2) is 48.5 Å². The minimum absolute atomic E-state index is 0.0647. The lowest BCUT2D eigenvalue weighted by Gasteiger charge is -2.25. The second-order valence-corrected chi connectivity index (χ2v) is 5.88. The Labute approximate surface area is 142 Å². The Hall–Kier alpha value is -2.54. The highest BCUT2D eigenvalue weighted by Gasteiger charge is 2.16. The molecule has 0 fully saturated rings. The summed E-state index contributed by atoms with van der Waals surface area (Å²) in [5, 5.41) is 9.92. The minimum Gasteiger partial charge on any atom is -0.497 e. The molecule has 2 rings (SSSR count). The van der Waals surface area contributed by atoms with Crippen molar-refractivity contribution in [1.29, 1.82) is 0 Å². The Kier molecular flexibility index (Phi) is 5.81. The van der Waals surface area contributed by atoms with Crippen molar-refractivity contribution in [1.82, 2.24) is 20.0 Å². The highest BCUT2D eigenvalue weighted by atomic mass is 16.5. The predicted octanol–water partition coefficient (Wildman–Crippen LogP) is 2.16. The Balaban J connectivity index is 1.97. The van der Waals surface area contributed by atoms with Gasteiger partial charge in [-0.25, -0.2) is 4.79 Å². The van der Waals surface area contributed by atoms with Crippen LogP contribution in [0.5, 0.6) is 5.75 Å². The van der Waals surface area contributed by atoms with Gasteiger partial charge in [-0.3, -0.25) is 10.00 Å². The van der Waals surface area contributed by atoms with E-state index in [-0.39, 0.29) is 12.1 Å². The summed E-state index contributed by atoms with van der Waals surface area (Å²) in [4.78, 5) is 14.2. The second-order valence-electron chi connectivity index (χ2n) is 5.88. The summed E-state index contributed by atoms with van der Waals surface area (Å²) in [5.41, 5.74) is 1.97. The predicted molar refractivity (Wildman–Crippen MR) is 94.4 cm³/mol. The summed E-state index contributed by atoms with van der Waals surface area (Å²) in [6, 6.07) is 9.50. The molecule has 0 aliphatic heterocycles. The lowest BCUT2D eigenvalue weighted by atomic mass is 10.1. The maximum Gasteiger partial charge on any atom is 0.320 e.